The molecule has 2 heterocycles. The molecule has 27 heavy (non-hydrogen) atoms. The zero-order valence-corrected chi connectivity index (χ0v) is 15.8. The van der Waals surface area contributed by atoms with E-state index < -0.39 is 5.56 Å². The molecule has 1 atom stereocenters. The van der Waals surface area contributed by atoms with Gasteiger partial charge in [0.15, 0.2) is 0 Å². The van der Waals surface area contributed by atoms with Crippen molar-refractivity contribution in [1.29, 1.82) is 5.26 Å². The Morgan fingerprint density at radius 1 is 1.15 bits per heavy atom. The van der Waals surface area contributed by atoms with Crippen LogP contribution in [0.4, 0.5) is 0 Å². The van der Waals surface area contributed by atoms with E-state index in [9.17, 15) is 9.59 Å². The Bertz CT molecular complexity index is 986. The lowest BCUT2D eigenvalue weighted by Gasteiger charge is -2.20. The molecular formula is C22H23N3O2. The van der Waals surface area contributed by atoms with Crippen LogP contribution in [-0.4, -0.2) is 16.9 Å². The van der Waals surface area contributed by atoms with Crippen molar-refractivity contribution in [3.63, 3.8) is 0 Å². The number of benzene rings is 1. The van der Waals surface area contributed by atoms with Gasteiger partial charge in [-0.3, -0.25) is 9.59 Å². The van der Waals surface area contributed by atoms with E-state index in [0.717, 1.165) is 17.6 Å². The molecule has 1 aromatic heterocycles. The van der Waals surface area contributed by atoms with Gasteiger partial charge >= 0.3 is 0 Å². The molecular weight excluding hydrogens is 338 g/mol. The number of nitrogens with one attached hydrogen (secondary N) is 2. The lowest BCUT2D eigenvalue weighted by Crippen LogP contribution is -2.23. The summed E-state index contributed by atoms with van der Waals surface area (Å²) in [5, 5.41) is 11.9. The normalized spacial score (nSPS) is 17.5. The maximum Gasteiger partial charge on any atom is 0.266 e. The van der Waals surface area contributed by atoms with Gasteiger partial charge in [0.2, 0.25) is 5.91 Å². The summed E-state index contributed by atoms with van der Waals surface area (Å²) in [6.07, 6.45) is 3.21. The van der Waals surface area contributed by atoms with Gasteiger partial charge in [0.25, 0.3) is 5.56 Å². The lowest BCUT2D eigenvalue weighted by molar-refractivity contribution is -0.119. The molecule has 0 radical (unpaired) electrons. The minimum atomic E-state index is -0.414. The highest BCUT2D eigenvalue weighted by molar-refractivity contribution is 5.82. The molecule has 0 unspecified atom stereocenters. The highest BCUT2D eigenvalue weighted by Crippen LogP contribution is 2.28. The van der Waals surface area contributed by atoms with Crippen molar-refractivity contribution < 1.29 is 4.79 Å². The highest BCUT2D eigenvalue weighted by Gasteiger charge is 2.21. The fraction of sp³-hybridized carbons (Fsp3) is 0.318. The van der Waals surface area contributed by atoms with Crippen LogP contribution in [0.5, 0.6) is 0 Å². The van der Waals surface area contributed by atoms with E-state index >= 15 is 0 Å². The van der Waals surface area contributed by atoms with Crippen LogP contribution in [0.1, 0.15) is 56.0 Å². The Kier molecular flexibility index (Phi) is 5.00. The number of aromatic amines is 1. The minimum Gasteiger partial charge on any atom is -0.350 e. The Hall–Kier alpha value is -3.13. The third-order valence-corrected chi connectivity index (χ3v) is 4.78. The average molecular weight is 361 g/mol. The molecule has 2 aromatic rings. The van der Waals surface area contributed by atoms with Crippen LogP contribution in [0.2, 0.25) is 0 Å². The van der Waals surface area contributed by atoms with Gasteiger partial charge < -0.3 is 10.3 Å². The van der Waals surface area contributed by atoms with E-state index in [1.807, 2.05) is 24.3 Å². The molecule has 0 saturated carbocycles. The SMILES string of the molecule is CC(C)(C)c1ccc(/C(=C/[C@H]2CCC(=O)N2)c2ccc(C#N)c(=O)[nH]2)cc1. The van der Waals surface area contributed by atoms with E-state index in [0.29, 0.717) is 12.1 Å². The number of pyridine rings is 1. The maximum absolute atomic E-state index is 12.1. The minimum absolute atomic E-state index is 0.0343. The highest BCUT2D eigenvalue weighted by atomic mass is 16.2. The number of hydrogen-bond donors (Lipinski definition) is 2. The van der Waals surface area contributed by atoms with Gasteiger partial charge in [-0.25, -0.2) is 0 Å². The fourth-order valence-electron chi connectivity index (χ4n) is 3.17. The van der Waals surface area contributed by atoms with Crippen molar-refractivity contribution in [1.82, 2.24) is 10.3 Å². The molecule has 0 aliphatic carbocycles. The summed E-state index contributed by atoms with van der Waals surface area (Å²) in [6, 6.07) is 13.3. The van der Waals surface area contributed by atoms with Crippen molar-refractivity contribution in [3.05, 3.63) is 75.2 Å². The van der Waals surface area contributed by atoms with Crippen LogP contribution in [-0.2, 0) is 10.2 Å². The number of nitriles is 1. The molecule has 1 aliphatic rings. The molecule has 3 rings (SSSR count). The summed E-state index contributed by atoms with van der Waals surface area (Å²) in [6.45, 7) is 6.47. The van der Waals surface area contributed by atoms with Gasteiger partial charge in [-0.2, -0.15) is 5.26 Å². The van der Waals surface area contributed by atoms with Crippen molar-refractivity contribution in [2.75, 3.05) is 0 Å². The van der Waals surface area contributed by atoms with Crippen LogP contribution in [0.25, 0.3) is 5.57 Å². The lowest BCUT2D eigenvalue weighted by atomic mass is 9.86. The molecule has 1 fully saturated rings. The number of carbonyl (C=O) groups excluding carboxylic acids is 1. The monoisotopic (exact) mass is 361 g/mol. The van der Waals surface area contributed by atoms with E-state index in [2.05, 4.69) is 43.2 Å². The van der Waals surface area contributed by atoms with Crippen molar-refractivity contribution in [3.8, 4) is 6.07 Å². The van der Waals surface area contributed by atoms with Crippen molar-refractivity contribution >= 4 is 11.5 Å². The topological polar surface area (TPSA) is 85.8 Å². The summed E-state index contributed by atoms with van der Waals surface area (Å²) >= 11 is 0. The number of aromatic nitrogens is 1. The second-order valence-electron chi connectivity index (χ2n) is 7.85. The summed E-state index contributed by atoms with van der Waals surface area (Å²) < 4.78 is 0. The third kappa shape index (κ3) is 4.17. The smallest absolute Gasteiger partial charge is 0.266 e. The molecule has 5 heteroatoms. The van der Waals surface area contributed by atoms with Gasteiger partial charge in [-0.05, 0) is 35.1 Å². The molecule has 1 amide bonds. The second-order valence-corrected chi connectivity index (χ2v) is 7.85. The second kappa shape index (κ2) is 7.24. The van der Waals surface area contributed by atoms with Crippen LogP contribution >= 0.6 is 0 Å². The number of amides is 1. The molecule has 5 nitrogen and oxygen atoms in total. The molecule has 0 bridgehead atoms. The van der Waals surface area contributed by atoms with Gasteiger partial charge in [0, 0.05) is 23.7 Å². The fourth-order valence-corrected chi connectivity index (χ4v) is 3.17. The Balaban J connectivity index is 2.06. The van der Waals surface area contributed by atoms with Crippen LogP contribution in [0.15, 0.2) is 47.3 Å². The predicted octanol–water partition coefficient (Wildman–Crippen LogP) is 3.25. The molecule has 1 aromatic carbocycles. The van der Waals surface area contributed by atoms with Crippen LogP contribution in [0.3, 0.4) is 0 Å². The summed E-state index contributed by atoms with van der Waals surface area (Å²) in [4.78, 5) is 26.5. The summed E-state index contributed by atoms with van der Waals surface area (Å²) in [5.41, 5.74) is 3.34. The van der Waals surface area contributed by atoms with Crippen molar-refractivity contribution in [2.24, 2.45) is 0 Å². The van der Waals surface area contributed by atoms with Crippen molar-refractivity contribution in [2.45, 2.75) is 45.1 Å². The Morgan fingerprint density at radius 3 is 2.37 bits per heavy atom. The summed E-state index contributed by atoms with van der Waals surface area (Å²) in [5.74, 6) is 0.0343. The summed E-state index contributed by atoms with van der Waals surface area (Å²) in [7, 11) is 0. The molecule has 138 valence electrons. The van der Waals surface area contributed by atoms with Gasteiger partial charge in [-0.15, -0.1) is 0 Å². The van der Waals surface area contributed by atoms with E-state index in [1.165, 1.54) is 11.6 Å². The quantitative estimate of drug-likeness (QED) is 0.880. The largest absolute Gasteiger partial charge is 0.350 e. The number of hydrogen-bond acceptors (Lipinski definition) is 3. The van der Waals surface area contributed by atoms with Crippen LogP contribution < -0.4 is 10.9 Å². The Labute approximate surface area is 158 Å². The van der Waals surface area contributed by atoms with E-state index in [-0.39, 0.29) is 22.9 Å². The predicted molar refractivity (Wildman–Crippen MR) is 105 cm³/mol. The number of H-pyrrole nitrogens is 1. The number of rotatable bonds is 3. The van der Waals surface area contributed by atoms with E-state index in [1.54, 1.807) is 6.07 Å². The van der Waals surface area contributed by atoms with Gasteiger partial charge in [-0.1, -0.05) is 51.1 Å². The first kappa shape index (κ1) is 18.7. The maximum atomic E-state index is 12.1. The number of carbonyl (C=O) groups is 1. The average Bonchev–Trinajstić information content (AvgIpc) is 3.04. The molecule has 2 N–H and O–H groups in total. The van der Waals surface area contributed by atoms with Gasteiger partial charge in [0.05, 0.1) is 0 Å². The molecule has 1 saturated heterocycles. The standard InChI is InChI=1S/C22H23N3O2/c1-22(2,3)16-7-4-14(5-8-16)18(12-17-9-11-20(26)24-17)19-10-6-15(13-23)21(27)25-19/h4-8,10,12,17H,9,11H2,1-3H3,(H,24,26)(H,25,27)/b18-12-/t17-/m1/s1. The zero-order valence-electron chi connectivity index (χ0n) is 15.8. The first-order valence-corrected chi connectivity index (χ1v) is 9.04. The van der Waals surface area contributed by atoms with Crippen LogP contribution in [0, 0.1) is 11.3 Å². The molecule has 1 aliphatic heterocycles. The first-order valence-electron chi connectivity index (χ1n) is 9.04. The third-order valence-electron chi connectivity index (χ3n) is 4.78. The number of nitrogens with zero attached hydrogens (tertiary/aromatic N) is 1. The molecule has 0 spiro atoms. The van der Waals surface area contributed by atoms with Gasteiger partial charge in [0.1, 0.15) is 11.6 Å². The Morgan fingerprint density at radius 2 is 1.85 bits per heavy atom. The first-order chi connectivity index (χ1) is 12.8. The van der Waals surface area contributed by atoms with E-state index in [4.69, 9.17) is 5.26 Å². The zero-order chi connectivity index (χ0) is 19.6.